The number of anilines is 2. The van der Waals surface area contributed by atoms with Gasteiger partial charge in [-0.3, -0.25) is 9.59 Å². The van der Waals surface area contributed by atoms with E-state index in [1.165, 1.54) is 17.4 Å². The highest BCUT2D eigenvalue weighted by atomic mass is 16.2. The lowest BCUT2D eigenvalue weighted by molar-refractivity contribution is -0.125. The summed E-state index contributed by atoms with van der Waals surface area (Å²) in [6.45, 7) is 4.33. The first kappa shape index (κ1) is 16.2. The number of para-hydroxylation sites is 1. The molecule has 0 bridgehead atoms. The molecule has 0 atom stereocenters. The number of hydrogen-bond acceptors (Lipinski definition) is 3. The maximum atomic E-state index is 12.7. The number of hydrogen-bond donors (Lipinski definition) is 1. The van der Waals surface area contributed by atoms with Crippen molar-refractivity contribution in [1.82, 2.24) is 0 Å². The second kappa shape index (κ2) is 6.87. The van der Waals surface area contributed by atoms with E-state index in [0.717, 1.165) is 29.8 Å². The maximum absolute atomic E-state index is 12.7. The van der Waals surface area contributed by atoms with Crippen LogP contribution in [0, 0.1) is 6.92 Å². The van der Waals surface area contributed by atoms with Crippen LogP contribution in [0.5, 0.6) is 0 Å². The smallest absolute Gasteiger partial charge is 0.234 e. The predicted octanol–water partition coefficient (Wildman–Crippen LogP) is 3.48. The van der Waals surface area contributed by atoms with Gasteiger partial charge in [0.15, 0.2) is 0 Å². The van der Waals surface area contributed by atoms with Crippen molar-refractivity contribution >= 4 is 23.2 Å². The Morgan fingerprint density at radius 3 is 2.67 bits per heavy atom. The zero-order valence-corrected chi connectivity index (χ0v) is 14.1. The molecule has 3 rings (SSSR count). The van der Waals surface area contributed by atoms with Gasteiger partial charge in [0.25, 0.3) is 0 Å². The van der Waals surface area contributed by atoms with Crippen LogP contribution in [0.15, 0.2) is 42.5 Å². The van der Waals surface area contributed by atoms with Gasteiger partial charge in [-0.05, 0) is 42.5 Å². The average molecular weight is 322 g/mol. The van der Waals surface area contributed by atoms with Gasteiger partial charge in [0.2, 0.25) is 11.8 Å². The first-order valence-electron chi connectivity index (χ1n) is 8.31. The highest BCUT2D eigenvalue weighted by molar-refractivity contribution is 6.16. The summed E-state index contributed by atoms with van der Waals surface area (Å²) >= 11 is 0. The van der Waals surface area contributed by atoms with Crippen LogP contribution in [0.25, 0.3) is 0 Å². The third-order valence-corrected chi connectivity index (χ3v) is 4.50. The first-order valence-corrected chi connectivity index (χ1v) is 8.31. The van der Waals surface area contributed by atoms with Crippen LogP contribution >= 0.6 is 0 Å². The Balaban J connectivity index is 1.82. The molecule has 4 heteroatoms. The van der Waals surface area contributed by atoms with Gasteiger partial charge >= 0.3 is 0 Å². The van der Waals surface area contributed by atoms with Crippen LogP contribution in [-0.4, -0.2) is 18.4 Å². The topological polar surface area (TPSA) is 49.4 Å². The van der Waals surface area contributed by atoms with Gasteiger partial charge in [0, 0.05) is 19.9 Å². The number of carbonyl (C=O) groups is 2. The van der Waals surface area contributed by atoms with E-state index in [-0.39, 0.29) is 11.8 Å². The second-order valence-electron chi connectivity index (χ2n) is 6.16. The summed E-state index contributed by atoms with van der Waals surface area (Å²) in [7, 11) is 0. The standard InChI is InChI=1S/C20H22N2O2/c1-14-6-3-4-7-16(14)10-11-19(24)22(15(2)23)18-9-5-8-17-12-13-21-20(17)18/h3-9,21H,10-13H2,1-2H3. The Morgan fingerprint density at radius 2 is 1.92 bits per heavy atom. The lowest BCUT2D eigenvalue weighted by atomic mass is 10.0. The number of benzene rings is 2. The number of fused-ring (bicyclic) bond motifs is 1. The van der Waals surface area contributed by atoms with Crippen molar-refractivity contribution in [3.05, 3.63) is 59.2 Å². The minimum Gasteiger partial charge on any atom is -0.383 e. The zero-order valence-electron chi connectivity index (χ0n) is 14.1. The fraction of sp³-hybridized carbons (Fsp3) is 0.300. The van der Waals surface area contributed by atoms with Gasteiger partial charge in [-0.25, -0.2) is 4.90 Å². The Bertz CT molecular complexity index is 783. The number of aryl methyl sites for hydroxylation is 2. The number of rotatable bonds is 4. The zero-order chi connectivity index (χ0) is 17.1. The van der Waals surface area contributed by atoms with Crippen molar-refractivity contribution in [2.45, 2.75) is 33.1 Å². The Hall–Kier alpha value is -2.62. The molecule has 0 saturated heterocycles. The van der Waals surface area contributed by atoms with E-state index in [2.05, 4.69) is 5.32 Å². The summed E-state index contributed by atoms with van der Waals surface area (Å²) in [5.74, 6) is -0.403. The van der Waals surface area contributed by atoms with E-state index in [0.29, 0.717) is 18.5 Å². The third kappa shape index (κ3) is 3.18. The van der Waals surface area contributed by atoms with Crippen LogP contribution in [-0.2, 0) is 22.4 Å². The molecular formula is C20H22N2O2. The van der Waals surface area contributed by atoms with Crippen LogP contribution in [0.2, 0.25) is 0 Å². The quantitative estimate of drug-likeness (QED) is 0.937. The van der Waals surface area contributed by atoms with E-state index in [9.17, 15) is 9.59 Å². The molecule has 2 aromatic rings. The fourth-order valence-corrected chi connectivity index (χ4v) is 3.23. The van der Waals surface area contributed by atoms with Crippen molar-refractivity contribution in [1.29, 1.82) is 0 Å². The molecule has 2 aromatic carbocycles. The Kier molecular flexibility index (Phi) is 4.65. The van der Waals surface area contributed by atoms with Crippen molar-refractivity contribution in [3.63, 3.8) is 0 Å². The molecular weight excluding hydrogens is 300 g/mol. The predicted molar refractivity (Wildman–Crippen MR) is 96.3 cm³/mol. The summed E-state index contributed by atoms with van der Waals surface area (Å²) in [6.07, 6.45) is 1.87. The molecule has 24 heavy (non-hydrogen) atoms. The minimum atomic E-state index is -0.244. The van der Waals surface area contributed by atoms with Crippen LogP contribution < -0.4 is 10.2 Å². The molecule has 1 N–H and O–H groups in total. The van der Waals surface area contributed by atoms with E-state index >= 15 is 0 Å². The van der Waals surface area contributed by atoms with Gasteiger partial charge in [0.1, 0.15) is 0 Å². The largest absolute Gasteiger partial charge is 0.383 e. The molecule has 0 aromatic heterocycles. The number of amides is 2. The molecule has 0 fully saturated rings. The highest BCUT2D eigenvalue weighted by Crippen LogP contribution is 2.34. The van der Waals surface area contributed by atoms with Crippen molar-refractivity contribution in [2.24, 2.45) is 0 Å². The summed E-state index contributed by atoms with van der Waals surface area (Å²) < 4.78 is 0. The lowest BCUT2D eigenvalue weighted by Gasteiger charge is -2.22. The van der Waals surface area contributed by atoms with Gasteiger partial charge in [0.05, 0.1) is 11.4 Å². The highest BCUT2D eigenvalue weighted by Gasteiger charge is 2.25. The summed E-state index contributed by atoms with van der Waals surface area (Å²) in [4.78, 5) is 26.2. The summed E-state index contributed by atoms with van der Waals surface area (Å²) in [5.41, 5.74) is 5.06. The summed E-state index contributed by atoms with van der Waals surface area (Å²) in [6, 6.07) is 13.8. The van der Waals surface area contributed by atoms with E-state index < -0.39 is 0 Å². The lowest BCUT2D eigenvalue weighted by Crippen LogP contribution is -2.35. The number of imide groups is 1. The molecule has 1 aliphatic rings. The van der Waals surface area contributed by atoms with Crippen molar-refractivity contribution in [3.8, 4) is 0 Å². The SMILES string of the molecule is CC(=O)N(C(=O)CCc1ccccc1C)c1cccc2c1NCC2. The molecule has 0 radical (unpaired) electrons. The molecule has 4 nitrogen and oxygen atoms in total. The third-order valence-electron chi connectivity index (χ3n) is 4.50. The van der Waals surface area contributed by atoms with Gasteiger partial charge in [-0.1, -0.05) is 36.4 Å². The Labute approximate surface area is 142 Å². The molecule has 0 aliphatic carbocycles. The van der Waals surface area contributed by atoms with Crippen LogP contribution in [0.4, 0.5) is 11.4 Å². The molecule has 0 unspecified atom stereocenters. The van der Waals surface area contributed by atoms with Gasteiger partial charge < -0.3 is 5.32 Å². The normalized spacial score (nSPS) is 12.4. The fourth-order valence-electron chi connectivity index (χ4n) is 3.23. The average Bonchev–Trinajstić information content (AvgIpc) is 3.03. The number of nitrogens with zero attached hydrogens (tertiary/aromatic N) is 1. The van der Waals surface area contributed by atoms with Crippen molar-refractivity contribution < 1.29 is 9.59 Å². The molecule has 0 saturated carbocycles. The monoisotopic (exact) mass is 322 g/mol. The maximum Gasteiger partial charge on any atom is 0.234 e. The van der Waals surface area contributed by atoms with Gasteiger partial charge in [-0.2, -0.15) is 0 Å². The van der Waals surface area contributed by atoms with E-state index in [1.807, 2.05) is 49.4 Å². The second-order valence-corrected chi connectivity index (χ2v) is 6.16. The molecule has 2 amide bonds. The van der Waals surface area contributed by atoms with E-state index in [4.69, 9.17) is 0 Å². The van der Waals surface area contributed by atoms with Crippen molar-refractivity contribution in [2.75, 3.05) is 16.8 Å². The molecule has 1 heterocycles. The van der Waals surface area contributed by atoms with Crippen LogP contribution in [0.3, 0.4) is 0 Å². The number of nitrogens with one attached hydrogen (secondary N) is 1. The van der Waals surface area contributed by atoms with Gasteiger partial charge in [-0.15, -0.1) is 0 Å². The van der Waals surface area contributed by atoms with E-state index in [1.54, 1.807) is 0 Å². The molecule has 1 aliphatic heterocycles. The molecule has 124 valence electrons. The minimum absolute atomic E-state index is 0.159. The first-order chi connectivity index (χ1) is 11.6. The Morgan fingerprint density at radius 1 is 1.12 bits per heavy atom. The summed E-state index contributed by atoms with van der Waals surface area (Å²) in [5, 5.41) is 3.30. The molecule has 0 spiro atoms. The number of carbonyl (C=O) groups excluding carboxylic acids is 2. The van der Waals surface area contributed by atoms with Crippen LogP contribution in [0.1, 0.15) is 30.0 Å².